The lowest BCUT2D eigenvalue weighted by Gasteiger charge is -2.29. The minimum Gasteiger partial charge on any atom is -0.339 e. The summed E-state index contributed by atoms with van der Waals surface area (Å²) < 4.78 is 27.2. The number of nitrogens with one attached hydrogen (secondary N) is 3. The van der Waals surface area contributed by atoms with Gasteiger partial charge in [-0.05, 0) is 31.2 Å². The SMILES string of the molecule is CC(=O)Nc1ccc(S(=O)(=O)NC(C)C(=O)N2CCNCC2)cc1.Cl. The van der Waals surface area contributed by atoms with Gasteiger partial charge in [-0.1, -0.05) is 0 Å². The largest absolute Gasteiger partial charge is 0.339 e. The van der Waals surface area contributed by atoms with Crippen LogP contribution in [0, 0.1) is 0 Å². The molecule has 25 heavy (non-hydrogen) atoms. The number of nitrogens with zero attached hydrogens (tertiary/aromatic N) is 1. The summed E-state index contributed by atoms with van der Waals surface area (Å²) in [5, 5.41) is 5.70. The van der Waals surface area contributed by atoms with Crippen LogP contribution in [0.25, 0.3) is 0 Å². The topological polar surface area (TPSA) is 108 Å². The molecule has 1 heterocycles. The molecule has 1 aromatic rings. The highest BCUT2D eigenvalue weighted by Gasteiger charge is 2.26. The van der Waals surface area contributed by atoms with Gasteiger partial charge >= 0.3 is 0 Å². The molecule has 1 aromatic carbocycles. The Labute approximate surface area is 153 Å². The van der Waals surface area contributed by atoms with Crippen LogP contribution in [-0.2, 0) is 19.6 Å². The zero-order valence-electron chi connectivity index (χ0n) is 14.1. The Morgan fingerprint density at radius 2 is 1.72 bits per heavy atom. The molecule has 1 atom stereocenters. The van der Waals surface area contributed by atoms with E-state index in [1.807, 2.05) is 0 Å². The first kappa shape index (κ1) is 21.4. The van der Waals surface area contributed by atoms with E-state index in [1.54, 1.807) is 4.90 Å². The van der Waals surface area contributed by atoms with Crippen LogP contribution < -0.4 is 15.4 Å². The molecule has 0 saturated carbocycles. The maximum Gasteiger partial charge on any atom is 0.241 e. The second-order valence-corrected chi connectivity index (χ2v) is 7.34. The standard InChI is InChI=1S/C15H22N4O4S.ClH/c1-11(15(21)19-9-7-16-8-10-19)18-24(22,23)14-5-3-13(4-6-14)17-12(2)20;/h3-6,11,16,18H,7-10H2,1-2H3,(H,17,20);1H. The van der Waals surface area contributed by atoms with Crippen molar-refractivity contribution < 1.29 is 18.0 Å². The molecule has 1 fully saturated rings. The molecule has 2 amide bonds. The number of benzene rings is 1. The van der Waals surface area contributed by atoms with E-state index in [2.05, 4.69) is 15.4 Å². The van der Waals surface area contributed by atoms with Gasteiger partial charge in [-0.25, -0.2) is 8.42 Å². The summed E-state index contributed by atoms with van der Waals surface area (Å²) in [6.45, 7) is 5.45. The molecule has 1 aliphatic rings. The van der Waals surface area contributed by atoms with E-state index in [1.165, 1.54) is 38.1 Å². The summed E-state index contributed by atoms with van der Waals surface area (Å²) in [5.41, 5.74) is 0.506. The van der Waals surface area contributed by atoms with Crippen LogP contribution in [0.4, 0.5) is 5.69 Å². The predicted molar refractivity (Wildman–Crippen MR) is 97.2 cm³/mol. The second-order valence-electron chi connectivity index (χ2n) is 5.62. The molecule has 1 saturated heterocycles. The predicted octanol–water partition coefficient (Wildman–Crippen LogP) is 0.165. The molecule has 0 aromatic heterocycles. The molecule has 0 aliphatic carbocycles. The van der Waals surface area contributed by atoms with Gasteiger partial charge in [-0.2, -0.15) is 4.72 Å². The van der Waals surface area contributed by atoms with E-state index in [0.717, 1.165) is 0 Å². The summed E-state index contributed by atoms with van der Waals surface area (Å²) in [6.07, 6.45) is 0. The zero-order valence-corrected chi connectivity index (χ0v) is 15.7. The molecular formula is C15H23ClN4O4S. The molecule has 2 rings (SSSR count). The molecule has 0 bridgehead atoms. The Morgan fingerprint density at radius 3 is 2.24 bits per heavy atom. The second kappa shape index (κ2) is 9.14. The van der Waals surface area contributed by atoms with Crippen molar-refractivity contribution in [1.82, 2.24) is 14.9 Å². The highest BCUT2D eigenvalue weighted by atomic mass is 35.5. The van der Waals surface area contributed by atoms with E-state index in [9.17, 15) is 18.0 Å². The van der Waals surface area contributed by atoms with Crippen molar-refractivity contribution in [2.45, 2.75) is 24.8 Å². The number of rotatable bonds is 5. The number of carbonyl (C=O) groups is 2. The molecule has 3 N–H and O–H groups in total. The van der Waals surface area contributed by atoms with Gasteiger partial charge in [0.2, 0.25) is 21.8 Å². The van der Waals surface area contributed by atoms with Crippen LogP contribution in [0.15, 0.2) is 29.2 Å². The van der Waals surface area contributed by atoms with Crippen molar-refractivity contribution in [2.24, 2.45) is 0 Å². The first-order chi connectivity index (χ1) is 11.3. The first-order valence-corrected chi connectivity index (χ1v) is 9.17. The van der Waals surface area contributed by atoms with Crippen molar-refractivity contribution in [1.29, 1.82) is 0 Å². The van der Waals surface area contributed by atoms with Crippen molar-refractivity contribution in [3.8, 4) is 0 Å². The summed E-state index contributed by atoms with van der Waals surface area (Å²) >= 11 is 0. The molecule has 140 valence electrons. The van der Waals surface area contributed by atoms with E-state index in [4.69, 9.17) is 0 Å². The van der Waals surface area contributed by atoms with Gasteiger partial charge in [-0.3, -0.25) is 9.59 Å². The van der Waals surface area contributed by atoms with Gasteiger partial charge < -0.3 is 15.5 Å². The van der Waals surface area contributed by atoms with Crippen molar-refractivity contribution in [3.63, 3.8) is 0 Å². The van der Waals surface area contributed by atoms with Crippen molar-refractivity contribution in [3.05, 3.63) is 24.3 Å². The van der Waals surface area contributed by atoms with Gasteiger partial charge in [0.05, 0.1) is 10.9 Å². The maximum absolute atomic E-state index is 12.4. The molecule has 8 nitrogen and oxygen atoms in total. The number of anilines is 1. The minimum atomic E-state index is -3.81. The van der Waals surface area contributed by atoms with Crippen LogP contribution in [0.1, 0.15) is 13.8 Å². The van der Waals surface area contributed by atoms with Gasteiger partial charge in [-0.15, -0.1) is 12.4 Å². The minimum absolute atomic E-state index is 0. The van der Waals surface area contributed by atoms with E-state index in [-0.39, 0.29) is 29.1 Å². The Hall–Kier alpha value is -1.68. The average molecular weight is 391 g/mol. The van der Waals surface area contributed by atoms with Gasteiger partial charge in [0.25, 0.3) is 0 Å². The van der Waals surface area contributed by atoms with Crippen molar-refractivity contribution in [2.75, 3.05) is 31.5 Å². The lowest BCUT2D eigenvalue weighted by Crippen LogP contribution is -2.53. The number of amides is 2. The van der Waals surface area contributed by atoms with Gasteiger partial charge in [0, 0.05) is 38.8 Å². The normalized spacial score (nSPS) is 15.8. The van der Waals surface area contributed by atoms with Crippen LogP contribution >= 0.6 is 12.4 Å². The van der Waals surface area contributed by atoms with E-state index >= 15 is 0 Å². The lowest BCUT2D eigenvalue weighted by atomic mass is 10.2. The van der Waals surface area contributed by atoms with Gasteiger partial charge in [0.15, 0.2) is 0 Å². The third-order valence-corrected chi connectivity index (χ3v) is 5.17. The molecule has 0 radical (unpaired) electrons. The molecule has 0 spiro atoms. The molecule has 1 unspecified atom stereocenters. The number of sulfonamides is 1. The summed E-state index contributed by atoms with van der Waals surface area (Å²) in [6, 6.07) is 4.92. The Bertz CT molecular complexity index is 703. The van der Waals surface area contributed by atoms with Crippen molar-refractivity contribution >= 4 is 39.9 Å². The molecule has 1 aliphatic heterocycles. The lowest BCUT2D eigenvalue weighted by molar-refractivity contribution is -0.133. The highest BCUT2D eigenvalue weighted by molar-refractivity contribution is 7.89. The van der Waals surface area contributed by atoms with Crippen LogP contribution in [-0.4, -0.2) is 57.4 Å². The fraction of sp³-hybridized carbons (Fsp3) is 0.467. The summed E-state index contributed by atoms with van der Waals surface area (Å²) in [7, 11) is -3.81. The third kappa shape index (κ3) is 5.96. The number of hydrogen-bond donors (Lipinski definition) is 3. The number of piperazine rings is 1. The smallest absolute Gasteiger partial charge is 0.241 e. The fourth-order valence-electron chi connectivity index (χ4n) is 2.43. The Balaban J connectivity index is 0.00000312. The number of hydrogen-bond acceptors (Lipinski definition) is 5. The Morgan fingerprint density at radius 1 is 1.16 bits per heavy atom. The number of halogens is 1. The fourth-order valence-corrected chi connectivity index (χ4v) is 3.63. The number of carbonyl (C=O) groups excluding carboxylic acids is 2. The van der Waals surface area contributed by atoms with Crippen LogP contribution in [0.3, 0.4) is 0 Å². The van der Waals surface area contributed by atoms with Gasteiger partial charge in [0.1, 0.15) is 0 Å². The molecular weight excluding hydrogens is 368 g/mol. The maximum atomic E-state index is 12.4. The zero-order chi connectivity index (χ0) is 17.7. The van der Waals surface area contributed by atoms with Crippen LogP contribution in [0.2, 0.25) is 0 Å². The Kier molecular flexibility index (Phi) is 7.81. The van der Waals surface area contributed by atoms with E-state index in [0.29, 0.717) is 31.9 Å². The molecule has 10 heteroatoms. The summed E-state index contributed by atoms with van der Waals surface area (Å²) in [4.78, 5) is 25.0. The first-order valence-electron chi connectivity index (χ1n) is 7.69. The van der Waals surface area contributed by atoms with Crippen LogP contribution in [0.5, 0.6) is 0 Å². The summed E-state index contributed by atoms with van der Waals surface area (Å²) in [5.74, 6) is -0.478. The quantitative estimate of drug-likeness (QED) is 0.664. The monoisotopic (exact) mass is 390 g/mol. The average Bonchev–Trinajstić information content (AvgIpc) is 2.54. The highest BCUT2D eigenvalue weighted by Crippen LogP contribution is 2.14. The van der Waals surface area contributed by atoms with E-state index < -0.39 is 16.1 Å². The third-order valence-electron chi connectivity index (χ3n) is 3.62.